The molecule has 0 aromatic heterocycles. The van der Waals surface area contributed by atoms with Gasteiger partial charge in [-0.05, 0) is 131 Å². The summed E-state index contributed by atoms with van der Waals surface area (Å²) in [7, 11) is 0.565. The highest BCUT2D eigenvalue weighted by molar-refractivity contribution is 7.92. The zero-order valence-electron chi connectivity index (χ0n) is 45.5. The van der Waals surface area contributed by atoms with E-state index in [1.807, 2.05) is 24.4 Å². The molecule has 2 amide bonds. The number of likely N-dealkylation sites (tertiary alicyclic amines) is 1. The van der Waals surface area contributed by atoms with Gasteiger partial charge in [-0.25, -0.2) is 8.42 Å². The van der Waals surface area contributed by atoms with Crippen molar-refractivity contribution in [2.45, 2.75) is 154 Å². The van der Waals surface area contributed by atoms with Gasteiger partial charge in [-0.1, -0.05) is 77.1 Å². The van der Waals surface area contributed by atoms with Crippen molar-refractivity contribution in [3.63, 3.8) is 0 Å². The molecular formula is C59H80ClN9O6S. The minimum atomic E-state index is -3.51. The Morgan fingerprint density at radius 2 is 1.66 bits per heavy atom. The standard InChI is InChI=1S/C59H80ClN9O6S/c1-8-76(72,73)66-40-19-21-50(46(31-40)48-35-67(6)54(71)52-45(48)22-25-62-52)74-43-17-13-16-37(30-43)39-28-42(29-39)68(7)41-23-26-69(27-24-41)57-63-34-47(51(64-57)36-14-11-9-10-12-15-36)53(70)65-55-58(2,3)56(59(55,4)5)75-44-20-18-38(33-61)49(60)32-44/h13,16-21,30-32,35-36,39,41-42,45,47,51-52,55-57,62-64,66H,8-12,14-15,22-29,34H2,1-7H3,(H,65,70). The Labute approximate surface area is 456 Å². The maximum absolute atomic E-state index is 14.6. The van der Waals surface area contributed by atoms with Crippen LogP contribution in [0, 0.1) is 39.9 Å². The van der Waals surface area contributed by atoms with Crippen molar-refractivity contribution in [3.8, 4) is 23.3 Å². The molecule has 3 aromatic carbocycles. The van der Waals surface area contributed by atoms with E-state index in [4.69, 9.17) is 21.1 Å². The van der Waals surface area contributed by atoms with Gasteiger partial charge >= 0.3 is 0 Å². The summed E-state index contributed by atoms with van der Waals surface area (Å²) in [5, 5.41) is 24.6. The second-order valence-corrected chi connectivity index (χ2v) is 26.6. The summed E-state index contributed by atoms with van der Waals surface area (Å²) < 4.78 is 41.2. The molecule has 3 aromatic rings. The number of nitrogens with one attached hydrogen (secondary N) is 5. The first-order valence-corrected chi connectivity index (χ1v) is 30.1. The molecule has 10 rings (SSSR count). The number of ether oxygens (including phenoxy) is 2. The van der Waals surface area contributed by atoms with E-state index < -0.39 is 10.0 Å². The lowest BCUT2D eigenvalue weighted by molar-refractivity contribution is -0.175. The summed E-state index contributed by atoms with van der Waals surface area (Å²) in [5.74, 6) is 2.67. The zero-order chi connectivity index (χ0) is 53.7. The maximum Gasteiger partial charge on any atom is 0.244 e. The first-order chi connectivity index (χ1) is 36.3. The number of carbonyl (C=O) groups excluding carboxylic acids is 2. The topological polar surface area (TPSA) is 180 Å². The number of benzene rings is 3. The summed E-state index contributed by atoms with van der Waals surface area (Å²) in [4.78, 5) is 34.5. The molecule has 5 unspecified atom stereocenters. The van der Waals surface area contributed by atoms with E-state index in [-0.39, 0.29) is 70.8 Å². The van der Waals surface area contributed by atoms with Crippen LogP contribution in [0.1, 0.15) is 128 Å². The van der Waals surface area contributed by atoms with Crippen LogP contribution in [0.4, 0.5) is 5.69 Å². The van der Waals surface area contributed by atoms with E-state index >= 15 is 0 Å². The molecule has 0 bridgehead atoms. The second-order valence-electron chi connectivity index (χ2n) is 24.2. The minimum absolute atomic E-state index is 0.0178. The third kappa shape index (κ3) is 11.0. The third-order valence-corrected chi connectivity index (χ3v) is 20.3. The van der Waals surface area contributed by atoms with Gasteiger partial charge in [-0.15, -0.1) is 0 Å². The molecule has 3 saturated carbocycles. The van der Waals surface area contributed by atoms with Gasteiger partial charge in [-0.3, -0.25) is 29.8 Å². The Hall–Kier alpha value is -4.73. The normalized spacial score (nSPS) is 30.0. The van der Waals surface area contributed by atoms with Crippen LogP contribution >= 0.6 is 11.6 Å². The van der Waals surface area contributed by atoms with Gasteiger partial charge in [0.05, 0.1) is 28.3 Å². The molecule has 76 heavy (non-hydrogen) atoms. The molecule has 15 nitrogen and oxygen atoms in total. The van der Waals surface area contributed by atoms with Crippen molar-refractivity contribution in [1.29, 1.82) is 5.26 Å². The summed E-state index contributed by atoms with van der Waals surface area (Å²) in [6.07, 6.45) is 14.1. The number of hydrogen-bond donors (Lipinski definition) is 5. The minimum Gasteiger partial charge on any atom is -0.489 e. The Bertz CT molecular complexity index is 2800. The van der Waals surface area contributed by atoms with Crippen molar-refractivity contribution >= 4 is 44.7 Å². The lowest BCUT2D eigenvalue weighted by Crippen LogP contribution is -2.76. The fourth-order valence-electron chi connectivity index (χ4n) is 14.5. The Morgan fingerprint density at radius 1 is 0.921 bits per heavy atom. The van der Waals surface area contributed by atoms with Crippen molar-refractivity contribution < 1.29 is 27.5 Å². The average molecular weight is 1080 g/mol. The third-order valence-electron chi connectivity index (χ3n) is 18.7. The van der Waals surface area contributed by atoms with Gasteiger partial charge in [0.25, 0.3) is 0 Å². The molecule has 5 N–H and O–H groups in total. The number of likely N-dealkylation sites (N-methyl/N-ethyl adjacent to an activating group) is 1. The molecule has 6 fully saturated rings. The Kier molecular flexibility index (Phi) is 15.9. The molecule has 17 heteroatoms. The number of carbonyl (C=O) groups is 2. The number of halogens is 1. The van der Waals surface area contributed by atoms with Crippen LogP contribution in [0.5, 0.6) is 17.2 Å². The van der Waals surface area contributed by atoms with E-state index in [0.29, 0.717) is 58.2 Å². The van der Waals surface area contributed by atoms with Gasteiger partial charge in [0, 0.05) is 91.1 Å². The quantitative estimate of drug-likeness (QED) is 0.0917. The van der Waals surface area contributed by atoms with Gasteiger partial charge in [0.1, 0.15) is 35.7 Å². The number of hydrogen-bond acceptors (Lipinski definition) is 12. The number of sulfonamides is 1. The van der Waals surface area contributed by atoms with E-state index in [1.165, 1.54) is 31.2 Å². The molecule has 410 valence electrons. The first kappa shape index (κ1) is 54.6. The Morgan fingerprint density at radius 3 is 2.36 bits per heavy atom. The maximum atomic E-state index is 14.6. The van der Waals surface area contributed by atoms with E-state index in [2.05, 4.69) is 94.8 Å². The number of amides is 2. The largest absolute Gasteiger partial charge is 0.489 e. The SMILES string of the molecule is CCS(=O)(=O)Nc1ccc(Oc2cccc(C3CC(N(C)C4CCN(C5NCC(C(=O)NC6C(C)(C)C(Oc7ccc(C#N)c(Cl)c7)C6(C)C)C(C6CCCCCC6)N5)CC4)C3)c2)c(C2=CN(C)C(=O)C3NCCC23)c1. The number of anilines is 1. The summed E-state index contributed by atoms with van der Waals surface area (Å²) >= 11 is 6.38. The van der Waals surface area contributed by atoms with Crippen LogP contribution in [0.3, 0.4) is 0 Å². The molecular weight excluding hydrogens is 998 g/mol. The highest BCUT2D eigenvalue weighted by Crippen LogP contribution is 2.56. The predicted octanol–water partition coefficient (Wildman–Crippen LogP) is 8.63. The monoisotopic (exact) mass is 1080 g/mol. The van der Waals surface area contributed by atoms with Gasteiger partial charge < -0.3 is 29.9 Å². The van der Waals surface area contributed by atoms with Gasteiger partial charge in [0.2, 0.25) is 21.8 Å². The van der Waals surface area contributed by atoms with Gasteiger partial charge in [-0.2, -0.15) is 5.26 Å². The fourth-order valence-corrected chi connectivity index (χ4v) is 15.4. The van der Waals surface area contributed by atoms with Crippen molar-refractivity contribution in [3.05, 3.63) is 88.6 Å². The first-order valence-electron chi connectivity index (χ1n) is 28.1. The summed E-state index contributed by atoms with van der Waals surface area (Å²) in [6, 6.07) is 21.8. The second kappa shape index (κ2) is 22.2. The molecule has 3 saturated heterocycles. The Balaban J connectivity index is 0.745. The summed E-state index contributed by atoms with van der Waals surface area (Å²) in [6.45, 7) is 13.6. The van der Waals surface area contributed by atoms with Crippen molar-refractivity contribution in [2.24, 2.45) is 28.6 Å². The van der Waals surface area contributed by atoms with Gasteiger partial charge in [0.15, 0.2) is 0 Å². The number of nitriles is 1. The van der Waals surface area contributed by atoms with Crippen LogP contribution < -0.4 is 35.5 Å². The zero-order valence-corrected chi connectivity index (χ0v) is 47.1. The smallest absolute Gasteiger partial charge is 0.244 e. The van der Waals surface area contributed by atoms with Crippen LogP contribution in [-0.2, 0) is 19.6 Å². The molecule has 4 aliphatic heterocycles. The predicted molar refractivity (Wildman–Crippen MR) is 298 cm³/mol. The highest BCUT2D eigenvalue weighted by atomic mass is 35.5. The average Bonchev–Trinajstić information content (AvgIpc) is 3.87. The lowest BCUT2D eigenvalue weighted by Gasteiger charge is -2.63. The lowest BCUT2D eigenvalue weighted by atomic mass is 9.49. The molecule has 0 radical (unpaired) electrons. The van der Waals surface area contributed by atoms with E-state index in [1.54, 1.807) is 43.1 Å². The van der Waals surface area contributed by atoms with Crippen molar-refractivity contribution in [2.75, 3.05) is 50.7 Å². The number of fused-ring (bicyclic) bond motifs is 1. The van der Waals surface area contributed by atoms with E-state index in [9.17, 15) is 23.3 Å². The van der Waals surface area contributed by atoms with Crippen LogP contribution in [0.25, 0.3) is 5.57 Å². The fraction of sp³-hybridized carbons (Fsp3) is 0.610. The van der Waals surface area contributed by atoms with Crippen molar-refractivity contribution in [1.82, 2.24) is 36.0 Å². The number of rotatable bonds is 15. The molecule has 7 aliphatic rings. The molecule has 5 atom stereocenters. The molecule has 0 spiro atoms. The molecule has 4 heterocycles. The van der Waals surface area contributed by atoms with Crippen LogP contribution in [0.15, 0.2) is 66.9 Å². The highest BCUT2D eigenvalue weighted by Gasteiger charge is 2.64. The van der Waals surface area contributed by atoms with E-state index in [0.717, 1.165) is 81.5 Å². The van der Waals surface area contributed by atoms with Crippen LogP contribution in [-0.4, -0.2) is 124 Å². The number of piperidine rings is 1. The van der Waals surface area contributed by atoms with Crippen LogP contribution in [0.2, 0.25) is 5.02 Å². The summed E-state index contributed by atoms with van der Waals surface area (Å²) in [5.41, 5.74) is 3.16. The number of nitrogens with zero attached hydrogens (tertiary/aromatic N) is 4. The molecule has 3 aliphatic carbocycles.